The van der Waals surface area contributed by atoms with Crippen LogP contribution >= 0.6 is 0 Å². The third-order valence-corrected chi connectivity index (χ3v) is 5.43. The minimum absolute atomic E-state index is 0.371. The summed E-state index contributed by atoms with van der Waals surface area (Å²) in [5.41, 5.74) is 4.82. The molecule has 3 N–H and O–H groups in total. The average Bonchev–Trinajstić information content (AvgIpc) is 2.63. The van der Waals surface area contributed by atoms with E-state index in [4.69, 9.17) is 0 Å². The molecule has 2 rings (SSSR count). The highest BCUT2D eigenvalue weighted by Gasteiger charge is 2.24. The number of hydrogen-bond donors (Lipinski definition) is 3. The van der Waals surface area contributed by atoms with Gasteiger partial charge < -0.3 is 15.3 Å². The smallest absolute Gasteiger partial charge is 0.0811 e. The molecule has 0 saturated heterocycles. The molecule has 1 fully saturated rings. The van der Waals surface area contributed by atoms with Crippen LogP contribution in [0.5, 0.6) is 0 Å². The Morgan fingerprint density at radius 3 is 2.68 bits per heavy atom. The summed E-state index contributed by atoms with van der Waals surface area (Å²) >= 11 is 0. The van der Waals surface area contributed by atoms with Crippen molar-refractivity contribution in [2.75, 3.05) is 0 Å². The average molecular weight is 385 g/mol. The fourth-order valence-electron chi connectivity index (χ4n) is 3.69. The molecule has 0 amide bonds. The number of unbranched alkanes of at least 4 members (excludes halogenated alkanes) is 1. The fraction of sp³-hybridized carbons (Fsp3) is 0.520. The van der Waals surface area contributed by atoms with Gasteiger partial charge in [-0.05, 0) is 73.8 Å². The maximum Gasteiger partial charge on any atom is 0.0811 e. The molecule has 154 valence electrons. The van der Waals surface area contributed by atoms with E-state index >= 15 is 0 Å². The molecule has 0 heterocycles. The number of aliphatic hydroxyl groups is 3. The summed E-state index contributed by atoms with van der Waals surface area (Å²) in [7, 11) is 0. The topological polar surface area (TPSA) is 60.7 Å². The molecule has 28 heavy (non-hydrogen) atoms. The second-order valence-electron chi connectivity index (χ2n) is 8.59. The van der Waals surface area contributed by atoms with E-state index in [0.29, 0.717) is 12.8 Å². The van der Waals surface area contributed by atoms with Crippen molar-refractivity contribution < 1.29 is 15.3 Å². The highest BCUT2D eigenvalue weighted by Crippen LogP contribution is 2.29. The first-order valence-electron chi connectivity index (χ1n) is 10.5. The summed E-state index contributed by atoms with van der Waals surface area (Å²) < 4.78 is 0. The first-order chi connectivity index (χ1) is 13.2. The van der Waals surface area contributed by atoms with Crippen molar-refractivity contribution in [1.29, 1.82) is 0 Å². The molecule has 0 spiro atoms. The molecule has 0 aromatic heterocycles. The molecule has 1 aliphatic rings. The van der Waals surface area contributed by atoms with Gasteiger partial charge in [0.05, 0.1) is 17.8 Å². The van der Waals surface area contributed by atoms with Gasteiger partial charge in [0, 0.05) is 6.42 Å². The fourth-order valence-corrected chi connectivity index (χ4v) is 3.69. The monoisotopic (exact) mass is 384 g/mol. The summed E-state index contributed by atoms with van der Waals surface area (Å²) in [6, 6.07) is 8.64. The summed E-state index contributed by atoms with van der Waals surface area (Å²) in [5, 5.41) is 29.8. The van der Waals surface area contributed by atoms with Crippen LogP contribution < -0.4 is 0 Å². The zero-order chi connectivity index (χ0) is 20.7. The van der Waals surface area contributed by atoms with Crippen molar-refractivity contribution in [2.45, 2.75) is 83.5 Å². The Hall–Kier alpha value is -1.68. The quantitative estimate of drug-likeness (QED) is 0.555. The van der Waals surface area contributed by atoms with Crippen LogP contribution in [0.25, 0.3) is 5.57 Å². The van der Waals surface area contributed by atoms with Crippen LogP contribution in [-0.4, -0.2) is 33.1 Å². The summed E-state index contributed by atoms with van der Waals surface area (Å²) in [6.45, 7) is 9.84. The maximum atomic E-state index is 10.0. The zero-order valence-electron chi connectivity index (χ0n) is 17.6. The van der Waals surface area contributed by atoms with E-state index in [9.17, 15) is 15.3 Å². The number of hydrogen-bond acceptors (Lipinski definition) is 3. The van der Waals surface area contributed by atoms with Crippen LogP contribution in [-0.2, 0) is 6.42 Å². The Morgan fingerprint density at radius 2 is 2.00 bits per heavy atom. The van der Waals surface area contributed by atoms with Gasteiger partial charge >= 0.3 is 0 Å². The SMILES string of the molecule is C=C1C(=CC=C(CC)c2cccc(CCCCC(C)(C)O)c2)C[C@@H](O)C[C@@H]1O. The lowest BCUT2D eigenvalue weighted by Crippen LogP contribution is -2.26. The molecule has 0 bridgehead atoms. The van der Waals surface area contributed by atoms with Gasteiger partial charge in [-0.25, -0.2) is 0 Å². The molecular weight excluding hydrogens is 348 g/mol. The molecule has 3 heteroatoms. The van der Waals surface area contributed by atoms with E-state index in [1.807, 2.05) is 19.9 Å². The van der Waals surface area contributed by atoms with Crippen molar-refractivity contribution in [3.05, 3.63) is 65.3 Å². The van der Waals surface area contributed by atoms with Gasteiger partial charge in [-0.1, -0.05) is 56.3 Å². The van der Waals surface area contributed by atoms with Crippen molar-refractivity contribution in [2.24, 2.45) is 0 Å². The van der Waals surface area contributed by atoms with Gasteiger partial charge in [0.1, 0.15) is 0 Å². The molecule has 1 saturated carbocycles. The summed E-state index contributed by atoms with van der Waals surface area (Å²) in [6.07, 6.45) is 8.68. The Kier molecular flexibility index (Phi) is 8.23. The van der Waals surface area contributed by atoms with Crippen LogP contribution in [0.1, 0.15) is 70.4 Å². The molecule has 2 atom stereocenters. The minimum Gasteiger partial charge on any atom is -0.393 e. The van der Waals surface area contributed by atoms with Gasteiger partial charge in [-0.15, -0.1) is 0 Å². The van der Waals surface area contributed by atoms with Crippen LogP contribution in [0.4, 0.5) is 0 Å². The third kappa shape index (κ3) is 7.05. The number of rotatable bonds is 8. The maximum absolute atomic E-state index is 10.0. The second-order valence-corrected chi connectivity index (χ2v) is 8.59. The normalized spacial score (nSPS) is 22.7. The predicted octanol–water partition coefficient (Wildman–Crippen LogP) is 4.96. The lowest BCUT2D eigenvalue weighted by molar-refractivity contribution is 0.0682. The lowest BCUT2D eigenvalue weighted by Gasteiger charge is -2.26. The van der Waals surface area contributed by atoms with E-state index in [-0.39, 0.29) is 0 Å². The largest absolute Gasteiger partial charge is 0.393 e. The van der Waals surface area contributed by atoms with Crippen LogP contribution in [0.15, 0.2) is 54.1 Å². The van der Waals surface area contributed by atoms with Crippen molar-refractivity contribution in [1.82, 2.24) is 0 Å². The van der Waals surface area contributed by atoms with Gasteiger partial charge in [-0.2, -0.15) is 0 Å². The number of benzene rings is 1. The molecular formula is C25H36O3. The lowest BCUT2D eigenvalue weighted by atomic mass is 9.85. The standard InChI is InChI=1S/C25H36O3/c1-5-20(12-13-21-16-23(26)17-24(27)18(21)2)22-11-8-10-19(15-22)9-6-7-14-25(3,4)28/h8,10-13,15,23-24,26-28H,2,5-7,9,14,16-17H2,1,3-4H3/t23-,24+/m1/s1. The predicted molar refractivity (Wildman–Crippen MR) is 117 cm³/mol. The molecule has 3 nitrogen and oxygen atoms in total. The summed E-state index contributed by atoms with van der Waals surface area (Å²) in [5.74, 6) is 0. The van der Waals surface area contributed by atoms with E-state index < -0.39 is 17.8 Å². The first kappa shape index (κ1) is 22.6. The molecule has 0 unspecified atom stereocenters. The van der Waals surface area contributed by atoms with Crippen LogP contribution in [0.2, 0.25) is 0 Å². The van der Waals surface area contributed by atoms with E-state index in [1.165, 1.54) is 16.7 Å². The van der Waals surface area contributed by atoms with E-state index in [2.05, 4.69) is 43.8 Å². The Morgan fingerprint density at radius 1 is 1.25 bits per heavy atom. The second kappa shape index (κ2) is 10.2. The van der Waals surface area contributed by atoms with E-state index in [1.54, 1.807) is 0 Å². The first-order valence-corrected chi connectivity index (χ1v) is 10.5. The van der Waals surface area contributed by atoms with E-state index in [0.717, 1.165) is 43.3 Å². The highest BCUT2D eigenvalue weighted by molar-refractivity contribution is 5.68. The summed E-state index contributed by atoms with van der Waals surface area (Å²) in [4.78, 5) is 0. The third-order valence-electron chi connectivity index (χ3n) is 5.43. The number of aryl methyl sites for hydroxylation is 1. The van der Waals surface area contributed by atoms with Crippen molar-refractivity contribution in [3.8, 4) is 0 Å². The molecule has 1 aliphatic carbocycles. The number of aliphatic hydroxyl groups excluding tert-OH is 2. The highest BCUT2D eigenvalue weighted by atomic mass is 16.3. The van der Waals surface area contributed by atoms with Gasteiger partial charge in [-0.3, -0.25) is 0 Å². The Labute approximate surface area is 170 Å². The zero-order valence-corrected chi connectivity index (χ0v) is 17.6. The van der Waals surface area contributed by atoms with Crippen molar-refractivity contribution >= 4 is 5.57 Å². The van der Waals surface area contributed by atoms with Gasteiger partial charge in [0.15, 0.2) is 0 Å². The molecule has 0 aliphatic heterocycles. The Bertz CT molecular complexity index is 722. The Balaban J connectivity index is 2.08. The molecule has 1 aromatic rings. The number of allylic oxidation sites excluding steroid dienone is 3. The van der Waals surface area contributed by atoms with Gasteiger partial charge in [0.2, 0.25) is 0 Å². The van der Waals surface area contributed by atoms with Crippen molar-refractivity contribution in [3.63, 3.8) is 0 Å². The van der Waals surface area contributed by atoms with Gasteiger partial charge in [0.25, 0.3) is 0 Å². The molecule has 0 radical (unpaired) electrons. The van der Waals surface area contributed by atoms with Crippen LogP contribution in [0, 0.1) is 0 Å². The minimum atomic E-state index is -0.652. The van der Waals surface area contributed by atoms with Crippen LogP contribution in [0.3, 0.4) is 0 Å². The molecule has 1 aromatic carbocycles.